The van der Waals surface area contributed by atoms with Crippen LogP contribution in [0.2, 0.25) is 0 Å². The summed E-state index contributed by atoms with van der Waals surface area (Å²) < 4.78 is 25.0. The maximum absolute atomic E-state index is 12.7. The van der Waals surface area contributed by atoms with Crippen LogP contribution >= 0.6 is 0 Å². The molecule has 0 bridgehead atoms. The molecule has 0 saturated carbocycles. The number of aromatic nitrogens is 1. The van der Waals surface area contributed by atoms with Gasteiger partial charge in [0.1, 0.15) is 21.6 Å². The molecule has 26 heavy (non-hydrogen) atoms. The third-order valence-corrected chi connectivity index (χ3v) is 4.90. The summed E-state index contributed by atoms with van der Waals surface area (Å²) in [5.74, 6) is -1.92. The van der Waals surface area contributed by atoms with E-state index in [9.17, 15) is 18.0 Å². The minimum Gasteiger partial charge on any atom is -0.340 e. The Morgan fingerprint density at radius 1 is 1.35 bits per heavy atom. The van der Waals surface area contributed by atoms with Gasteiger partial charge in [0.2, 0.25) is 0 Å². The first kappa shape index (κ1) is 19.5. The van der Waals surface area contributed by atoms with Crippen LogP contribution in [0.4, 0.5) is 0 Å². The number of hydrogen-bond donors (Lipinski definition) is 1. The van der Waals surface area contributed by atoms with Crippen molar-refractivity contribution in [3.63, 3.8) is 0 Å². The summed E-state index contributed by atoms with van der Waals surface area (Å²) in [5.41, 5.74) is 1.12. The molecule has 138 valence electrons. The fourth-order valence-electron chi connectivity index (χ4n) is 2.68. The average Bonchev–Trinajstić information content (AvgIpc) is 2.91. The third-order valence-electron chi connectivity index (χ3n) is 3.96. The van der Waals surface area contributed by atoms with Gasteiger partial charge in [-0.15, -0.1) is 0 Å². The number of benzene rings is 1. The van der Waals surface area contributed by atoms with Crippen LogP contribution in [0, 0.1) is 11.5 Å². The molecule has 1 atom stereocenters. The van der Waals surface area contributed by atoms with Crippen LogP contribution in [0.1, 0.15) is 17.4 Å². The number of hydrogen-bond acceptors (Lipinski definition) is 5. The number of amides is 2. The normalized spacial score (nSPS) is 12.4. The second-order valence-electron chi connectivity index (χ2n) is 5.95. The number of rotatable bonds is 6. The molecule has 0 fully saturated rings. The Balaban J connectivity index is 2.34. The van der Waals surface area contributed by atoms with Crippen LogP contribution in [0.25, 0.3) is 10.9 Å². The second kappa shape index (κ2) is 7.58. The highest BCUT2D eigenvalue weighted by molar-refractivity contribution is 7.90. The monoisotopic (exact) mass is 376 g/mol. The fraction of sp³-hybridized carbons (Fsp3) is 0.353. The van der Waals surface area contributed by atoms with E-state index in [0.29, 0.717) is 0 Å². The largest absolute Gasteiger partial charge is 0.340 e. The second-order valence-corrected chi connectivity index (χ2v) is 8.13. The molecule has 1 unspecified atom stereocenters. The van der Waals surface area contributed by atoms with E-state index in [-0.39, 0.29) is 12.2 Å². The molecule has 0 aliphatic heterocycles. The molecule has 0 saturated heterocycles. The van der Waals surface area contributed by atoms with Gasteiger partial charge in [-0.2, -0.15) is 5.26 Å². The molecular formula is C17H20N4O4S. The van der Waals surface area contributed by atoms with Crippen LogP contribution in [0.5, 0.6) is 0 Å². The Hall–Kier alpha value is -2.86. The van der Waals surface area contributed by atoms with Gasteiger partial charge in [0.05, 0.1) is 5.75 Å². The van der Waals surface area contributed by atoms with E-state index in [2.05, 4.69) is 5.32 Å². The summed E-state index contributed by atoms with van der Waals surface area (Å²) in [7, 11) is -1.85. The summed E-state index contributed by atoms with van der Waals surface area (Å²) in [6.45, 7) is 1.67. The van der Waals surface area contributed by atoms with E-state index in [1.165, 1.54) is 0 Å². The van der Waals surface area contributed by atoms with E-state index in [1.54, 1.807) is 30.8 Å². The van der Waals surface area contributed by atoms with Crippen molar-refractivity contribution >= 4 is 32.6 Å². The number of carbonyl (C=O) groups excluding carboxylic acids is 2. The minimum absolute atomic E-state index is 0.0828. The van der Waals surface area contributed by atoms with Gasteiger partial charge >= 0.3 is 0 Å². The summed E-state index contributed by atoms with van der Waals surface area (Å²) in [6, 6.07) is 7.70. The molecule has 9 heteroatoms. The van der Waals surface area contributed by atoms with E-state index < -0.39 is 33.4 Å². The van der Waals surface area contributed by atoms with Crippen molar-refractivity contribution < 1.29 is 18.0 Å². The Bertz CT molecular complexity index is 988. The highest BCUT2D eigenvalue weighted by Crippen LogP contribution is 2.18. The number of sulfone groups is 1. The van der Waals surface area contributed by atoms with Crippen LogP contribution in [-0.4, -0.2) is 54.3 Å². The molecular weight excluding hydrogens is 356 g/mol. The number of para-hydroxylation sites is 1. The third kappa shape index (κ3) is 4.21. The number of carbonyl (C=O) groups is 2. The molecule has 1 heterocycles. The summed E-state index contributed by atoms with van der Waals surface area (Å²) >= 11 is 0. The Labute approximate surface area is 151 Å². The Morgan fingerprint density at radius 3 is 2.54 bits per heavy atom. The van der Waals surface area contributed by atoms with Gasteiger partial charge in [-0.1, -0.05) is 18.2 Å². The van der Waals surface area contributed by atoms with Gasteiger partial charge in [0.15, 0.2) is 6.19 Å². The standard InChI is InChI=1S/C17H20N4O4S/c1-4-21(11-18)17(23)13(10-26(3,24)25)19-16(22)15-9-12-7-5-6-8-14(12)20(15)2/h5-9,13H,4,10H2,1-3H3,(H,19,22). The van der Waals surface area contributed by atoms with Crippen molar-refractivity contribution in [2.24, 2.45) is 7.05 Å². The molecule has 0 spiro atoms. The first-order chi connectivity index (χ1) is 12.2. The Morgan fingerprint density at radius 2 is 2.00 bits per heavy atom. The fourth-order valence-corrected chi connectivity index (χ4v) is 3.51. The quantitative estimate of drug-likeness (QED) is 0.588. The molecule has 2 aromatic rings. The van der Waals surface area contributed by atoms with Crippen LogP contribution < -0.4 is 5.32 Å². The number of nitrogens with one attached hydrogen (secondary N) is 1. The zero-order chi connectivity index (χ0) is 19.5. The first-order valence-electron chi connectivity index (χ1n) is 7.92. The van der Waals surface area contributed by atoms with Gasteiger partial charge < -0.3 is 9.88 Å². The molecule has 0 radical (unpaired) electrons. The maximum Gasteiger partial charge on any atom is 0.268 e. The summed E-state index contributed by atoms with van der Waals surface area (Å²) in [6.07, 6.45) is 2.67. The van der Waals surface area contributed by atoms with Gasteiger partial charge in [-0.05, 0) is 19.1 Å². The zero-order valence-electron chi connectivity index (χ0n) is 14.8. The molecule has 0 aliphatic rings. The van der Waals surface area contributed by atoms with Crippen molar-refractivity contribution in [3.8, 4) is 6.19 Å². The van der Waals surface area contributed by atoms with E-state index >= 15 is 0 Å². The lowest BCUT2D eigenvalue weighted by Crippen LogP contribution is -2.50. The summed E-state index contributed by atoms with van der Waals surface area (Å²) in [5, 5.41) is 12.3. The first-order valence-corrected chi connectivity index (χ1v) is 9.98. The van der Waals surface area contributed by atoms with Crippen molar-refractivity contribution in [3.05, 3.63) is 36.0 Å². The molecule has 2 amide bonds. The SMILES string of the molecule is CCN(C#N)C(=O)C(CS(C)(=O)=O)NC(=O)c1cc2ccccc2n1C. The number of likely N-dealkylation sites (N-methyl/N-ethyl adjacent to an activating group) is 1. The van der Waals surface area contributed by atoms with Crippen LogP contribution in [0.3, 0.4) is 0 Å². The summed E-state index contributed by atoms with van der Waals surface area (Å²) in [4.78, 5) is 25.9. The molecule has 2 rings (SSSR count). The van der Waals surface area contributed by atoms with Crippen molar-refractivity contribution in [2.75, 3.05) is 18.6 Å². The van der Waals surface area contributed by atoms with Gasteiger partial charge in [-0.3, -0.25) is 9.59 Å². The number of nitrogens with zero attached hydrogens (tertiary/aromatic N) is 3. The predicted octanol–water partition coefficient (Wildman–Crippen LogP) is 0.651. The van der Waals surface area contributed by atoms with Crippen molar-refractivity contribution in [1.29, 1.82) is 5.26 Å². The zero-order valence-corrected chi connectivity index (χ0v) is 15.6. The van der Waals surface area contributed by atoms with E-state index in [1.807, 2.05) is 24.3 Å². The molecule has 1 aromatic carbocycles. The topological polar surface area (TPSA) is 112 Å². The maximum atomic E-state index is 12.7. The Kier molecular flexibility index (Phi) is 5.67. The number of aryl methyl sites for hydroxylation is 1. The van der Waals surface area contributed by atoms with E-state index in [4.69, 9.17) is 5.26 Å². The predicted molar refractivity (Wildman–Crippen MR) is 96.9 cm³/mol. The van der Waals surface area contributed by atoms with Gasteiger partial charge in [-0.25, -0.2) is 13.3 Å². The minimum atomic E-state index is -3.56. The molecule has 1 aromatic heterocycles. The van der Waals surface area contributed by atoms with Crippen molar-refractivity contribution in [1.82, 2.24) is 14.8 Å². The molecule has 8 nitrogen and oxygen atoms in total. The lowest BCUT2D eigenvalue weighted by atomic mass is 10.2. The van der Waals surface area contributed by atoms with Crippen LogP contribution in [0.15, 0.2) is 30.3 Å². The highest BCUT2D eigenvalue weighted by atomic mass is 32.2. The number of nitriles is 1. The van der Waals surface area contributed by atoms with E-state index in [0.717, 1.165) is 22.1 Å². The van der Waals surface area contributed by atoms with Gasteiger partial charge in [0.25, 0.3) is 11.8 Å². The number of fused-ring (bicyclic) bond motifs is 1. The average molecular weight is 376 g/mol. The lowest BCUT2D eigenvalue weighted by molar-refractivity contribution is -0.129. The smallest absolute Gasteiger partial charge is 0.268 e. The molecule has 1 N–H and O–H groups in total. The van der Waals surface area contributed by atoms with Gasteiger partial charge in [0, 0.05) is 30.8 Å². The van der Waals surface area contributed by atoms with Crippen LogP contribution in [-0.2, 0) is 21.7 Å². The highest BCUT2D eigenvalue weighted by Gasteiger charge is 2.30. The molecule has 0 aliphatic carbocycles. The van der Waals surface area contributed by atoms with Crippen molar-refractivity contribution in [2.45, 2.75) is 13.0 Å². The lowest BCUT2D eigenvalue weighted by Gasteiger charge is -2.21.